The Morgan fingerprint density at radius 3 is 2.21 bits per heavy atom. The Labute approximate surface area is 202 Å². The number of nitrogens with two attached hydrogens (primary N) is 1. The number of carbonyl (C=O) groups is 1. The average molecular weight is 517 g/mol. The van der Waals surface area contributed by atoms with E-state index in [0.29, 0.717) is 47.5 Å². The molecule has 0 atom stereocenters. The Morgan fingerprint density at radius 2 is 1.64 bits per heavy atom. The molecule has 0 unspecified atom stereocenters. The minimum absolute atomic E-state index is 0.0223. The molecule has 0 spiro atoms. The molecule has 8 nitrogen and oxygen atoms in total. The summed E-state index contributed by atoms with van der Waals surface area (Å²) in [6, 6.07) is 10.9. The van der Waals surface area contributed by atoms with Crippen LogP contribution >= 0.6 is 15.9 Å². The fourth-order valence-corrected chi connectivity index (χ4v) is 3.64. The maximum atomic E-state index is 12.1. The van der Waals surface area contributed by atoms with Crippen molar-refractivity contribution in [3.63, 3.8) is 0 Å². The SMILES string of the molecule is CCCCOc1cc(OCCCC)c(-c2nnc(C(N)=O)n2-c2ccc(OC)cc2)cc1Br. The topological polar surface area (TPSA) is 101 Å². The number of aromatic nitrogens is 3. The van der Waals surface area contributed by atoms with E-state index in [0.717, 1.165) is 30.2 Å². The maximum absolute atomic E-state index is 12.1. The molecule has 3 rings (SSSR count). The van der Waals surface area contributed by atoms with E-state index >= 15 is 0 Å². The molecule has 0 radical (unpaired) electrons. The molecule has 1 aromatic heterocycles. The number of methoxy groups -OCH3 is 1. The van der Waals surface area contributed by atoms with E-state index in [9.17, 15) is 4.79 Å². The standard InChI is InChI=1S/C24H29BrN4O4/c1-4-6-12-32-20-15-21(33-13-7-5-2)19(25)14-18(20)23-27-28-24(22(26)30)29(23)16-8-10-17(31-3)11-9-16/h8-11,14-15H,4-7,12-13H2,1-3H3,(H2,26,30). The van der Waals surface area contributed by atoms with Gasteiger partial charge in [-0.3, -0.25) is 9.36 Å². The van der Waals surface area contributed by atoms with Crippen molar-refractivity contribution in [1.29, 1.82) is 0 Å². The highest BCUT2D eigenvalue weighted by Gasteiger charge is 2.23. The number of unbranched alkanes of at least 4 members (excludes halogenated alkanes) is 2. The smallest absolute Gasteiger partial charge is 0.287 e. The van der Waals surface area contributed by atoms with Crippen LogP contribution in [0.15, 0.2) is 40.9 Å². The Morgan fingerprint density at radius 1 is 1.00 bits per heavy atom. The normalized spacial score (nSPS) is 10.8. The molecule has 0 bridgehead atoms. The molecule has 0 aliphatic carbocycles. The van der Waals surface area contributed by atoms with E-state index in [-0.39, 0.29) is 5.82 Å². The summed E-state index contributed by atoms with van der Waals surface area (Å²) in [7, 11) is 1.59. The van der Waals surface area contributed by atoms with Crippen LogP contribution in [0.25, 0.3) is 17.1 Å². The van der Waals surface area contributed by atoms with Crippen molar-refractivity contribution in [1.82, 2.24) is 14.8 Å². The second kappa shape index (κ2) is 11.7. The van der Waals surface area contributed by atoms with Crippen LogP contribution in [0.2, 0.25) is 0 Å². The number of benzene rings is 2. The minimum atomic E-state index is -0.684. The summed E-state index contributed by atoms with van der Waals surface area (Å²) >= 11 is 3.60. The predicted molar refractivity (Wildman–Crippen MR) is 130 cm³/mol. The van der Waals surface area contributed by atoms with Crippen molar-refractivity contribution in [2.75, 3.05) is 20.3 Å². The summed E-state index contributed by atoms with van der Waals surface area (Å²) in [5.41, 5.74) is 6.94. The third kappa shape index (κ3) is 5.84. The van der Waals surface area contributed by atoms with E-state index in [2.05, 4.69) is 40.0 Å². The van der Waals surface area contributed by atoms with Crippen LogP contribution in [0, 0.1) is 0 Å². The predicted octanol–water partition coefficient (Wildman–Crippen LogP) is 5.16. The number of hydrogen-bond donors (Lipinski definition) is 1. The summed E-state index contributed by atoms with van der Waals surface area (Å²) in [6.07, 6.45) is 3.89. The summed E-state index contributed by atoms with van der Waals surface area (Å²) in [5, 5.41) is 8.37. The zero-order valence-corrected chi connectivity index (χ0v) is 20.7. The summed E-state index contributed by atoms with van der Waals surface area (Å²) in [6.45, 7) is 5.36. The third-order valence-electron chi connectivity index (χ3n) is 5.00. The monoisotopic (exact) mass is 516 g/mol. The van der Waals surface area contributed by atoms with Gasteiger partial charge in [0, 0.05) is 11.8 Å². The van der Waals surface area contributed by atoms with Crippen molar-refractivity contribution in [3.05, 3.63) is 46.7 Å². The molecule has 1 amide bonds. The van der Waals surface area contributed by atoms with E-state index < -0.39 is 5.91 Å². The molecule has 2 aromatic carbocycles. The van der Waals surface area contributed by atoms with Gasteiger partial charge in [0.05, 0.1) is 30.4 Å². The van der Waals surface area contributed by atoms with Crippen molar-refractivity contribution < 1.29 is 19.0 Å². The summed E-state index contributed by atoms with van der Waals surface area (Å²) < 4.78 is 19.7. The molecule has 33 heavy (non-hydrogen) atoms. The van der Waals surface area contributed by atoms with Gasteiger partial charge in [-0.15, -0.1) is 10.2 Å². The molecule has 0 aliphatic rings. The Bertz CT molecular complexity index is 1080. The molecule has 0 aliphatic heterocycles. The highest BCUT2D eigenvalue weighted by molar-refractivity contribution is 9.10. The number of ether oxygens (including phenoxy) is 3. The van der Waals surface area contributed by atoms with E-state index in [1.807, 2.05) is 24.3 Å². The molecular formula is C24H29BrN4O4. The van der Waals surface area contributed by atoms with E-state index in [1.165, 1.54) is 0 Å². The molecule has 0 fully saturated rings. The highest BCUT2D eigenvalue weighted by Crippen LogP contribution is 2.39. The van der Waals surface area contributed by atoms with Crippen LogP contribution in [0.4, 0.5) is 0 Å². The van der Waals surface area contributed by atoms with Gasteiger partial charge in [0.2, 0.25) is 5.82 Å². The molecule has 176 valence electrons. The Kier molecular flexibility index (Phi) is 8.71. The molecule has 0 saturated carbocycles. The molecular weight excluding hydrogens is 488 g/mol. The molecule has 0 saturated heterocycles. The maximum Gasteiger partial charge on any atom is 0.287 e. The van der Waals surface area contributed by atoms with Gasteiger partial charge in [0.15, 0.2) is 5.82 Å². The Balaban J connectivity index is 2.13. The van der Waals surface area contributed by atoms with Gasteiger partial charge in [-0.1, -0.05) is 26.7 Å². The quantitative estimate of drug-likeness (QED) is 0.333. The van der Waals surface area contributed by atoms with Crippen LogP contribution in [-0.4, -0.2) is 41.0 Å². The third-order valence-corrected chi connectivity index (χ3v) is 5.62. The van der Waals surface area contributed by atoms with Crippen LogP contribution < -0.4 is 19.9 Å². The lowest BCUT2D eigenvalue weighted by atomic mass is 10.1. The number of hydrogen-bond acceptors (Lipinski definition) is 6. The second-order valence-corrected chi connectivity index (χ2v) is 8.28. The highest BCUT2D eigenvalue weighted by atomic mass is 79.9. The number of rotatable bonds is 12. The first-order valence-corrected chi connectivity index (χ1v) is 11.8. The first-order chi connectivity index (χ1) is 16.0. The number of carbonyl (C=O) groups excluding carboxylic acids is 1. The first-order valence-electron chi connectivity index (χ1n) is 11.0. The number of halogens is 1. The Hall–Kier alpha value is -3.07. The molecule has 9 heteroatoms. The van der Waals surface area contributed by atoms with Gasteiger partial charge in [-0.05, 0) is 59.1 Å². The van der Waals surface area contributed by atoms with E-state index in [1.54, 1.807) is 23.8 Å². The summed E-state index contributed by atoms with van der Waals surface area (Å²) in [4.78, 5) is 12.1. The first kappa shape index (κ1) is 24.6. The van der Waals surface area contributed by atoms with Gasteiger partial charge in [-0.2, -0.15) is 0 Å². The van der Waals surface area contributed by atoms with Crippen LogP contribution in [0.5, 0.6) is 17.2 Å². The lowest BCUT2D eigenvalue weighted by molar-refractivity contribution is 0.0988. The van der Waals surface area contributed by atoms with Crippen LogP contribution in [-0.2, 0) is 0 Å². The second-order valence-electron chi connectivity index (χ2n) is 7.43. The van der Waals surface area contributed by atoms with Crippen molar-refractivity contribution in [2.24, 2.45) is 5.73 Å². The van der Waals surface area contributed by atoms with Gasteiger partial charge in [0.1, 0.15) is 17.2 Å². The van der Waals surface area contributed by atoms with Crippen molar-refractivity contribution >= 4 is 21.8 Å². The number of primary amides is 1. The van der Waals surface area contributed by atoms with Crippen LogP contribution in [0.3, 0.4) is 0 Å². The molecule has 1 heterocycles. The zero-order valence-electron chi connectivity index (χ0n) is 19.1. The van der Waals surface area contributed by atoms with E-state index in [4.69, 9.17) is 19.9 Å². The van der Waals surface area contributed by atoms with Crippen molar-refractivity contribution in [2.45, 2.75) is 39.5 Å². The molecule has 2 N–H and O–H groups in total. The summed E-state index contributed by atoms with van der Waals surface area (Å²) in [5.74, 6) is 1.74. The largest absolute Gasteiger partial charge is 0.497 e. The van der Waals surface area contributed by atoms with Gasteiger partial charge >= 0.3 is 0 Å². The van der Waals surface area contributed by atoms with Gasteiger partial charge in [-0.25, -0.2) is 0 Å². The van der Waals surface area contributed by atoms with Gasteiger partial charge in [0.25, 0.3) is 5.91 Å². The number of amides is 1. The van der Waals surface area contributed by atoms with Crippen molar-refractivity contribution in [3.8, 4) is 34.3 Å². The zero-order chi connectivity index (χ0) is 23.8. The fourth-order valence-electron chi connectivity index (χ4n) is 3.19. The molecule has 3 aromatic rings. The van der Waals surface area contributed by atoms with Gasteiger partial charge < -0.3 is 19.9 Å². The minimum Gasteiger partial charge on any atom is -0.497 e. The lowest BCUT2D eigenvalue weighted by Gasteiger charge is -2.16. The lowest BCUT2D eigenvalue weighted by Crippen LogP contribution is -2.18. The van der Waals surface area contributed by atoms with Crippen LogP contribution in [0.1, 0.15) is 50.1 Å². The number of nitrogens with zero attached hydrogens (tertiary/aromatic N) is 3. The fraction of sp³-hybridized carbons (Fsp3) is 0.375. The average Bonchev–Trinajstić information content (AvgIpc) is 3.26.